The summed E-state index contributed by atoms with van der Waals surface area (Å²) < 4.78 is 26.9. The molecule has 0 bridgehead atoms. The van der Waals surface area contributed by atoms with Gasteiger partial charge in [-0.15, -0.1) is 0 Å². The number of methoxy groups -OCH3 is 1. The molecule has 0 aliphatic carbocycles. The third-order valence-electron chi connectivity index (χ3n) is 2.58. The first-order valence-corrected chi connectivity index (χ1v) is 7.20. The number of rotatable bonds is 7. The zero-order valence-corrected chi connectivity index (χ0v) is 12.1. The van der Waals surface area contributed by atoms with Crippen molar-refractivity contribution in [3.05, 3.63) is 29.8 Å². The van der Waals surface area contributed by atoms with Gasteiger partial charge in [0.1, 0.15) is 5.75 Å². The molecule has 18 heavy (non-hydrogen) atoms. The van der Waals surface area contributed by atoms with Crippen molar-refractivity contribution < 1.29 is 18.3 Å². The third-order valence-corrected chi connectivity index (χ3v) is 4.30. The summed E-state index contributed by atoms with van der Waals surface area (Å²) in [7, 11) is 1.15. The second kappa shape index (κ2) is 6.90. The fourth-order valence-corrected chi connectivity index (χ4v) is 2.69. The van der Waals surface area contributed by atoms with Gasteiger partial charge in [0.25, 0.3) is 0 Å². The first-order valence-electron chi connectivity index (χ1n) is 5.66. The predicted molar refractivity (Wildman–Crippen MR) is 70.9 cm³/mol. The summed E-state index contributed by atoms with van der Waals surface area (Å²) in [4.78, 5) is 0. The molecule has 102 valence electrons. The molecule has 1 aromatic carbocycles. The Labute approximate surface area is 108 Å². The average Bonchev–Trinajstić information content (AvgIpc) is 2.39. The van der Waals surface area contributed by atoms with Gasteiger partial charge in [0.05, 0.1) is 7.11 Å². The maximum absolute atomic E-state index is 11.9. The fourth-order valence-electron chi connectivity index (χ4n) is 1.70. The van der Waals surface area contributed by atoms with E-state index in [0.717, 1.165) is 11.3 Å². The molecule has 1 aromatic rings. The van der Waals surface area contributed by atoms with Crippen LogP contribution in [0.5, 0.6) is 5.75 Å². The summed E-state index contributed by atoms with van der Waals surface area (Å²) in [6, 6.07) is 7.66. The number of ether oxygens (including phenoxy) is 1. The molecular weight excluding hydrogens is 253 g/mol. The van der Waals surface area contributed by atoms with E-state index in [0.29, 0.717) is 6.42 Å². The van der Waals surface area contributed by atoms with Gasteiger partial charge >= 0.3 is 7.75 Å². The molecule has 1 N–H and O–H groups in total. The lowest BCUT2D eigenvalue weighted by atomic mass is 10.1. The lowest BCUT2D eigenvalue weighted by molar-refractivity contribution is 0.259. The number of benzene rings is 1. The van der Waals surface area contributed by atoms with Crippen molar-refractivity contribution in [1.29, 1.82) is 0 Å². The summed E-state index contributed by atoms with van der Waals surface area (Å²) in [5.74, 6) is 0.816. The molecular formula is C12H20NO4P. The molecule has 0 spiro atoms. The smallest absolute Gasteiger partial charge is 0.405 e. The van der Waals surface area contributed by atoms with Gasteiger partial charge in [-0.3, -0.25) is 0 Å². The number of hydrogen-bond acceptors (Lipinski definition) is 4. The minimum atomic E-state index is -3.19. The molecule has 1 rings (SSSR count). The highest BCUT2D eigenvalue weighted by Crippen LogP contribution is 2.42. The number of para-hydroxylation sites is 1. The maximum Gasteiger partial charge on any atom is 0.405 e. The molecule has 1 unspecified atom stereocenters. The van der Waals surface area contributed by atoms with Crippen LogP contribution in [-0.4, -0.2) is 27.4 Å². The van der Waals surface area contributed by atoms with Crippen LogP contribution in [0.25, 0.3) is 0 Å². The normalized spacial score (nSPS) is 13.3. The van der Waals surface area contributed by atoms with E-state index in [9.17, 15) is 4.57 Å². The minimum Gasteiger partial charge on any atom is -0.496 e. The monoisotopic (exact) mass is 273 g/mol. The second-order valence-corrected chi connectivity index (χ2v) is 5.89. The van der Waals surface area contributed by atoms with Crippen molar-refractivity contribution in [1.82, 2.24) is 5.09 Å². The second-order valence-electron chi connectivity index (χ2n) is 3.91. The number of nitrogens with one attached hydrogen (secondary N) is 1. The molecule has 0 saturated carbocycles. The Hall–Kier alpha value is -0.870. The van der Waals surface area contributed by atoms with Crippen LogP contribution in [0.1, 0.15) is 12.5 Å². The van der Waals surface area contributed by atoms with Crippen LogP contribution in [0.4, 0.5) is 0 Å². The highest BCUT2D eigenvalue weighted by molar-refractivity contribution is 7.51. The van der Waals surface area contributed by atoms with E-state index in [1.807, 2.05) is 31.2 Å². The van der Waals surface area contributed by atoms with Crippen LogP contribution < -0.4 is 9.82 Å². The minimum absolute atomic E-state index is 0.0629. The average molecular weight is 273 g/mol. The van der Waals surface area contributed by atoms with Gasteiger partial charge < -0.3 is 13.8 Å². The summed E-state index contributed by atoms with van der Waals surface area (Å²) in [6.45, 7) is 1.91. The van der Waals surface area contributed by atoms with Gasteiger partial charge in [-0.1, -0.05) is 18.2 Å². The van der Waals surface area contributed by atoms with Crippen LogP contribution in [0.3, 0.4) is 0 Å². The van der Waals surface area contributed by atoms with Crippen molar-refractivity contribution in [2.75, 3.05) is 21.3 Å². The van der Waals surface area contributed by atoms with Gasteiger partial charge in [-0.05, 0) is 25.0 Å². The summed E-state index contributed by atoms with van der Waals surface area (Å²) in [5, 5.41) is 2.85. The van der Waals surface area contributed by atoms with Crippen molar-refractivity contribution in [2.24, 2.45) is 0 Å². The van der Waals surface area contributed by atoms with Gasteiger partial charge in [0, 0.05) is 20.3 Å². The van der Waals surface area contributed by atoms with Crippen LogP contribution in [0.15, 0.2) is 24.3 Å². The van der Waals surface area contributed by atoms with Crippen molar-refractivity contribution >= 4 is 7.75 Å². The zero-order valence-electron chi connectivity index (χ0n) is 11.2. The van der Waals surface area contributed by atoms with Crippen molar-refractivity contribution in [3.63, 3.8) is 0 Å². The molecule has 0 aliphatic heterocycles. The molecule has 0 amide bonds. The predicted octanol–water partition coefficient (Wildman–Crippen LogP) is 2.62. The molecule has 0 aromatic heterocycles. The third kappa shape index (κ3) is 4.10. The quantitative estimate of drug-likeness (QED) is 0.774. The van der Waals surface area contributed by atoms with E-state index < -0.39 is 7.75 Å². The lowest BCUT2D eigenvalue weighted by Crippen LogP contribution is -2.26. The Bertz CT molecular complexity index is 416. The van der Waals surface area contributed by atoms with Gasteiger partial charge in [-0.25, -0.2) is 9.65 Å². The topological polar surface area (TPSA) is 56.8 Å². The first-order chi connectivity index (χ1) is 8.54. The molecule has 0 radical (unpaired) electrons. The molecule has 1 atom stereocenters. The standard InChI is InChI=1S/C12H20NO4P/c1-10(13-18(14,16-3)17-4)9-11-7-5-6-8-12(11)15-2/h5-8,10H,9H2,1-4H3,(H,13,14). The van der Waals surface area contributed by atoms with E-state index in [4.69, 9.17) is 13.8 Å². The highest BCUT2D eigenvalue weighted by atomic mass is 31.2. The molecule has 5 nitrogen and oxygen atoms in total. The molecule has 0 saturated heterocycles. The van der Waals surface area contributed by atoms with Crippen LogP contribution in [0.2, 0.25) is 0 Å². The van der Waals surface area contributed by atoms with Crippen LogP contribution in [-0.2, 0) is 20.0 Å². The zero-order chi connectivity index (χ0) is 13.6. The summed E-state index contributed by atoms with van der Waals surface area (Å²) >= 11 is 0. The Kier molecular flexibility index (Phi) is 5.82. The molecule has 0 fully saturated rings. The van der Waals surface area contributed by atoms with Gasteiger partial charge in [0.15, 0.2) is 0 Å². The van der Waals surface area contributed by atoms with E-state index in [1.165, 1.54) is 14.2 Å². The van der Waals surface area contributed by atoms with E-state index in [2.05, 4.69) is 5.09 Å². The Morgan fingerprint density at radius 1 is 1.22 bits per heavy atom. The Morgan fingerprint density at radius 2 is 1.83 bits per heavy atom. The first kappa shape index (κ1) is 15.2. The SMILES string of the molecule is COc1ccccc1CC(C)NP(=O)(OC)OC. The van der Waals surface area contributed by atoms with E-state index in [1.54, 1.807) is 7.11 Å². The Morgan fingerprint density at radius 3 is 2.39 bits per heavy atom. The van der Waals surface area contributed by atoms with Crippen LogP contribution in [0, 0.1) is 0 Å². The maximum atomic E-state index is 11.9. The van der Waals surface area contributed by atoms with E-state index in [-0.39, 0.29) is 6.04 Å². The number of hydrogen-bond donors (Lipinski definition) is 1. The summed E-state index contributed by atoms with van der Waals surface area (Å²) in [6.07, 6.45) is 0.667. The fraction of sp³-hybridized carbons (Fsp3) is 0.500. The van der Waals surface area contributed by atoms with Crippen molar-refractivity contribution in [3.8, 4) is 5.75 Å². The molecule has 0 heterocycles. The van der Waals surface area contributed by atoms with Crippen LogP contribution >= 0.6 is 7.75 Å². The molecule has 6 heteroatoms. The highest BCUT2D eigenvalue weighted by Gasteiger charge is 2.23. The van der Waals surface area contributed by atoms with Crippen molar-refractivity contribution in [2.45, 2.75) is 19.4 Å². The Balaban J connectivity index is 2.70. The van der Waals surface area contributed by atoms with E-state index >= 15 is 0 Å². The lowest BCUT2D eigenvalue weighted by Gasteiger charge is -2.20. The van der Waals surface area contributed by atoms with Gasteiger partial charge in [0.2, 0.25) is 0 Å². The largest absolute Gasteiger partial charge is 0.496 e. The van der Waals surface area contributed by atoms with Gasteiger partial charge in [-0.2, -0.15) is 0 Å². The summed E-state index contributed by atoms with van der Waals surface area (Å²) in [5.41, 5.74) is 1.04. The molecule has 0 aliphatic rings.